The lowest BCUT2D eigenvalue weighted by Gasteiger charge is -2.43. The zero-order valence-electron chi connectivity index (χ0n) is 14.4. The Bertz CT molecular complexity index is 729. The van der Waals surface area contributed by atoms with Crippen molar-refractivity contribution in [1.82, 2.24) is 15.1 Å². The minimum atomic E-state index is -0.559. The smallest absolute Gasteiger partial charge is 0.0864 e. The highest BCUT2D eigenvalue weighted by Crippen LogP contribution is 2.47. The third-order valence-electron chi connectivity index (χ3n) is 6.19. The van der Waals surface area contributed by atoms with Crippen LogP contribution in [-0.4, -0.2) is 39.3 Å². The molecule has 130 valence electrons. The molecular formula is C19H26ClN3O. The molecular weight excluding hydrogens is 322 g/mol. The van der Waals surface area contributed by atoms with Gasteiger partial charge in [0, 0.05) is 22.0 Å². The Morgan fingerprint density at radius 1 is 1.25 bits per heavy atom. The average molecular weight is 348 g/mol. The van der Waals surface area contributed by atoms with Crippen molar-refractivity contribution in [3.63, 3.8) is 0 Å². The molecule has 4 nitrogen and oxygen atoms in total. The molecule has 1 saturated carbocycles. The Balaban J connectivity index is 1.57. The fourth-order valence-corrected chi connectivity index (χ4v) is 4.57. The van der Waals surface area contributed by atoms with Crippen molar-refractivity contribution in [3.8, 4) is 0 Å². The summed E-state index contributed by atoms with van der Waals surface area (Å²) in [4.78, 5) is 2.63. The van der Waals surface area contributed by atoms with Gasteiger partial charge in [-0.25, -0.2) is 0 Å². The first-order chi connectivity index (χ1) is 11.5. The van der Waals surface area contributed by atoms with Gasteiger partial charge in [0.25, 0.3) is 0 Å². The van der Waals surface area contributed by atoms with Gasteiger partial charge >= 0.3 is 0 Å². The normalized spacial score (nSPS) is 22.2. The number of aliphatic hydroxyl groups is 1. The highest BCUT2D eigenvalue weighted by Gasteiger charge is 2.41. The Labute approximate surface area is 148 Å². The van der Waals surface area contributed by atoms with Crippen molar-refractivity contribution in [3.05, 3.63) is 28.9 Å². The fourth-order valence-electron chi connectivity index (χ4n) is 4.34. The van der Waals surface area contributed by atoms with E-state index in [2.05, 4.69) is 28.9 Å². The molecule has 1 saturated heterocycles. The number of rotatable bonds is 4. The number of benzene rings is 1. The van der Waals surface area contributed by atoms with Gasteiger partial charge < -0.3 is 10.0 Å². The predicted molar refractivity (Wildman–Crippen MR) is 97.2 cm³/mol. The van der Waals surface area contributed by atoms with Gasteiger partial charge in [0.05, 0.1) is 17.8 Å². The number of aromatic amines is 1. The van der Waals surface area contributed by atoms with Crippen LogP contribution in [0.15, 0.2) is 18.3 Å². The number of piperidine rings is 1. The Morgan fingerprint density at radius 2 is 1.96 bits per heavy atom. The van der Waals surface area contributed by atoms with Crippen molar-refractivity contribution in [1.29, 1.82) is 0 Å². The lowest BCUT2D eigenvalue weighted by molar-refractivity contribution is -0.0193. The molecule has 1 aliphatic carbocycles. The van der Waals surface area contributed by atoms with E-state index in [1.54, 1.807) is 6.20 Å². The highest BCUT2D eigenvalue weighted by atomic mass is 35.5. The molecule has 2 fully saturated rings. The van der Waals surface area contributed by atoms with Gasteiger partial charge in [-0.05, 0) is 62.2 Å². The van der Waals surface area contributed by atoms with Crippen LogP contribution in [0.4, 0.5) is 0 Å². The summed E-state index contributed by atoms with van der Waals surface area (Å²) in [5.74, 6) is 0.513. The highest BCUT2D eigenvalue weighted by molar-refractivity contribution is 6.31. The van der Waals surface area contributed by atoms with Crippen molar-refractivity contribution < 1.29 is 5.11 Å². The lowest BCUT2D eigenvalue weighted by Crippen LogP contribution is -2.42. The summed E-state index contributed by atoms with van der Waals surface area (Å²) >= 11 is 6.26. The first kappa shape index (κ1) is 16.4. The molecule has 2 N–H and O–H groups in total. The zero-order valence-corrected chi connectivity index (χ0v) is 15.2. The van der Waals surface area contributed by atoms with Crippen molar-refractivity contribution in [2.24, 2.45) is 11.3 Å². The second-order valence-electron chi connectivity index (χ2n) is 8.09. The van der Waals surface area contributed by atoms with Crippen LogP contribution in [-0.2, 0) is 0 Å². The van der Waals surface area contributed by atoms with E-state index in [0.717, 1.165) is 35.3 Å². The topological polar surface area (TPSA) is 52.1 Å². The summed E-state index contributed by atoms with van der Waals surface area (Å²) in [5.41, 5.74) is 1.57. The maximum absolute atomic E-state index is 11.2. The summed E-state index contributed by atoms with van der Waals surface area (Å²) in [5, 5.41) is 20.0. The fraction of sp³-hybridized carbons (Fsp3) is 0.632. The first-order valence-corrected chi connectivity index (χ1v) is 9.39. The van der Waals surface area contributed by atoms with Crippen LogP contribution in [0.3, 0.4) is 0 Å². The summed E-state index contributed by atoms with van der Waals surface area (Å²) in [7, 11) is 0. The number of hydrogen-bond acceptors (Lipinski definition) is 3. The van der Waals surface area contributed by atoms with Gasteiger partial charge in [0.1, 0.15) is 0 Å². The molecule has 1 aromatic heterocycles. The lowest BCUT2D eigenvalue weighted by atomic mass is 9.68. The number of halogens is 1. The molecule has 2 heterocycles. The van der Waals surface area contributed by atoms with Crippen molar-refractivity contribution >= 4 is 22.5 Å². The van der Waals surface area contributed by atoms with Gasteiger partial charge in [0.2, 0.25) is 0 Å². The van der Waals surface area contributed by atoms with Gasteiger partial charge in [-0.3, -0.25) is 5.10 Å². The minimum Gasteiger partial charge on any atom is -0.388 e. The molecule has 1 atom stereocenters. The molecule has 1 aliphatic heterocycles. The predicted octanol–water partition coefficient (Wildman–Crippen LogP) is 4.15. The van der Waals surface area contributed by atoms with E-state index >= 15 is 0 Å². The second-order valence-corrected chi connectivity index (χ2v) is 8.53. The van der Waals surface area contributed by atoms with Crippen LogP contribution in [0, 0.1) is 11.3 Å². The number of aromatic nitrogens is 2. The van der Waals surface area contributed by atoms with Crippen LogP contribution < -0.4 is 0 Å². The van der Waals surface area contributed by atoms with Gasteiger partial charge in [0.15, 0.2) is 0 Å². The van der Waals surface area contributed by atoms with E-state index < -0.39 is 6.10 Å². The van der Waals surface area contributed by atoms with Crippen molar-refractivity contribution in [2.45, 2.75) is 51.7 Å². The maximum atomic E-state index is 11.2. The zero-order chi connectivity index (χ0) is 16.9. The Hall–Kier alpha value is -1.10. The van der Waals surface area contributed by atoms with Crippen LogP contribution in [0.5, 0.6) is 0 Å². The van der Waals surface area contributed by atoms with E-state index in [1.807, 2.05) is 12.1 Å². The molecule has 0 radical (unpaired) electrons. The summed E-state index contributed by atoms with van der Waals surface area (Å²) in [6.07, 6.45) is 6.27. The Morgan fingerprint density at radius 3 is 2.62 bits per heavy atom. The molecule has 0 spiro atoms. The standard InChI is InChI=1S/C19H26ClN3O/c1-19(2,13-5-7-23(8-6-13)15-3-4-15)18(24)16-10-14(20)9-12-11-21-22-17(12)16/h9-11,13,15,18,24H,3-8H2,1-2H3,(H,21,22). The molecule has 2 aromatic rings. The number of nitrogens with zero attached hydrogens (tertiary/aromatic N) is 2. The molecule has 0 amide bonds. The van der Waals surface area contributed by atoms with E-state index in [0.29, 0.717) is 10.9 Å². The van der Waals surface area contributed by atoms with Gasteiger partial charge in [-0.2, -0.15) is 5.10 Å². The number of hydrogen-bond donors (Lipinski definition) is 2. The minimum absolute atomic E-state index is 0.196. The molecule has 5 heteroatoms. The number of nitrogens with one attached hydrogen (secondary N) is 1. The molecule has 24 heavy (non-hydrogen) atoms. The van der Waals surface area contributed by atoms with Crippen molar-refractivity contribution in [2.75, 3.05) is 13.1 Å². The van der Waals surface area contributed by atoms with E-state index in [9.17, 15) is 5.11 Å². The largest absolute Gasteiger partial charge is 0.388 e. The second kappa shape index (κ2) is 6.01. The number of likely N-dealkylation sites (tertiary alicyclic amines) is 1. The number of aliphatic hydroxyl groups excluding tert-OH is 1. The van der Waals surface area contributed by atoms with Gasteiger partial charge in [-0.1, -0.05) is 25.4 Å². The summed E-state index contributed by atoms with van der Waals surface area (Å²) < 4.78 is 0. The SMILES string of the molecule is CC(C)(C1CCN(C2CC2)CC1)C(O)c1cc(Cl)cc2cn[nH]c12. The summed E-state index contributed by atoms with van der Waals surface area (Å²) in [6.45, 7) is 6.72. The number of H-pyrrole nitrogens is 1. The average Bonchev–Trinajstić information content (AvgIpc) is 3.32. The Kier molecular flexibility index (Phi) is 4.10. The molecule has 4 rings (SSSR count). The maximum Gasteiger partial charge on any atom is 0.0864 e. The third-order valence-corrected chi connectivity index (χ3v) is 6.41. The van der Waals surface area contributed by atoms with E-state index in [1.165, 1.54) is 25.9 Å². The first-order valence-electron chi connectivity index (χ1n) is 9.01. The van der Waals surface area contributed by atoms with Gasteiger partial charge in [-0.15, -0.1) is 0 Å². The third kappa shape index (κ3) is 2.85. The molecule has 1 unspecified atom stereocenters. The number of fused-ring (bicyclic) bond motifs is 1. The monoisotopic (exact) mass is 347 g/mol. The molecule has 0 bridgehead atoms. The van der Waals surface area contributed by atoms with Crippen LogP contribution in [0.1, 0.15) is 51.2 Å². The summed E-state index contributed by atoms with van der Waals surface area (Å²) in [6, 6.07) is 4.61. The van der Waals surface area contributed by atoms with Crippen LogP contribution in [0.25, 0.3) is 10.9 Å². The van der Waals surface area contributed by atoms with E-state index in [4.69, 9.17) is 11.6 Å². The quantitative estimate of drug-likeness (QED) is 0.873. The van der Waals surface area contributed by atoms with Crippen LogP contribution >= 0.6 is 11.6 Å². The van der Waals surface area contributed by atoms with Crippen LogP contribution in [0.2, 0.25) is 5.02 Å². The molecule has 1 aromatic carbocycles. The van der Waals surface area contributed by atoms with E-state index in [-0.39, 0.29) is 5.41 Å². The molecule has 2 aliphatic rings.